The maximum Gasteiger partial charge on any atom is 0.305 e. The van der Waals surface area contributed by atoms with E-state index in [-0.39, 0.29) is 6.42 Å². The van der Waals surface area contributed by atoms with Crippen molar-refractivity contribution >= 4 is 34.7 Å². The fraction of sp³-hybridized carbons (Fsp3) is 0.214. The third kappa shape index (κ3) is 2.77. The Labute approximate surface area is 116 Å². The van der Waals surface area contributed by atoms with Crippen molar-refractivity contribution in [3.8, 4) is 0 Å². The molecule has 0 heterocycles. The molecule has 0 bridgehead atoms. The highest BCUT2D eigenvalue weighted by atomic mass is 35.5. The molecular weight excluding hydrogens is 271 g/mol. The molecule has 2 nitrogen and oxygen atoms in total. The van der Waals surface area contributed by atoms with Gasteiger partial charge in [-0.15, -0.1) is 23.2 Å². The van der Waals surface area contributed by atoms with Crippen LogP contribution >= 0.6 is 23.2 Å². The Morgan fingerprint density at radius 3 is 2.56 bits per heavy atom. The van der Waals surface area contributed by atoms with Crippen molar-refractivity contribution in [2.45, 2.75) is 16.7 Å². The van der Waals surface area contributed by atoms with E-state index >= 15 is 0 Å². The SMILES string of the molecule is O=C(O)CC1(Cl)C=CC(c2ccccc2)=CC1Cl. The molecule has 4 heteroatoms. The van der Waals surface area contributed by atoms with Gasteiger partial charge in [-0.25, -0.2) is 0 Å². The maximum absolute atomic E-state index is 10.8. The molecule has 1 aliphatic rings. The quantitative estimate of drug-likeness (QED) is 0.859. The summed E-state index contributed by atoms with van der Waals surface area (Å²) in [4.78, 5) is 9.72. The van der Waals surface area contributed by atoms with Crippen molar-refractivity contribution in [3.63, 3.8) is 0 Å². The van der Waals surface area contributed by atoms with Gasteiger partial charge in [0.15, 0.2) is 0 Å². The van der Waals surface area contributed by atoms with Crippen LogP contribution < -0.4 is 0 Å². The number of rotatable bonds is 3. The molecule has 1 aromatic rings. The zero-order chi connectivity index (χ0) is 13.2. The van der Waals surface area contributed by atoms with Crippen molar-refractivity contribution in [1.82, 2.24) is 0 Å². The first-order valence-corrected chi connectivity index (χ1v) is 6.34. The molecule has 94 valence electrons. The van der Waals surface area contributed by atoms with Crippen LogP contribution in [0.2, 0.25) is 0 Å². The van der Waals surface area contributed by atoms with E-state index in [9.17, 15) is 4.79 Å². The van der Waals surface area contributed by atoms with Gasteiger partial charge in [-0.2, -0.15) is 0 Å². The Hall–Kier alpha value is -1.25. The molecule has 2 atom stereocenters. The van der Waals surface area contributed by atoms with Gasteiger partial charge >= 0.3 is 5.97 Å². The molecule has 2 unspecified atom stereocenters. The Morgan fingerprint density at radius 2 is 2.00 bits per heavy atom. The second kappa shape index (κ2) is 5.17. The van der Waals surface area contributed by atoms with Gasteiger partial charge in [-0.1, -0.05) is 48.6 Å². The van der Waals surface area contributed by atoms with E-state index in [0.29, 0.717) is 0 Å². The van der Waals surface area contributed by atoms with E-state index < -0.39 is 16.2 Å². The van der Waals surface area contributed by atoms with Crippen molar-refractivity contribution in [2.24, 2.45) is 0 Å². The van der Waals surface area contributed by atoms with E-state index in [0.717, 1.165) is 11.1 Å². The van der Waals surface area contributed by atoms with Crippen LogP contribution in [-0.4, -0.2) is 21.3 Å². The molecular formula is C14H12Cl2O2. The lowest BCUT2D eigenvalue weighted by atomic mass is 9.90. The van der Waals surface area contributed by atoms with Crippen LogP contribution in [0, 0.1) is 0 Å². The number of aliphatic carboxylic acids is 1. The summed E-state index contributed by atoms with van der Waals surface area (Å²) in [6.45, 7) is 0. The summed E-state index contributed by atoms with van der Waals surface area (Å²) < 4.78 is 0. The van der Waals surface area contributed by atoms with Gasteiger partial charge in [0.05, 0.1) is 16.7 Å². The Bertz CT molecular complexity index is 508. The standard InChI is InChI=1S/C14H12Cl2O2/c15-12-8-11(10-4-2-1-3-5-10)6-7-14(12,16)9-13(17)18/h1-8,12H,9H2,(H,17,18). The van der Waals surface area contributed by atoms with Crippen LogP contribution in [0.15, 0.2) is 48.6 Å². The molecule has 0 aliphatic heterocycles. The van der Waals surface area contributed by atoms with E-state index in [1.54, 1.807) is 12.2 Å². The number of alkyl halides is 2. The van der Waals surface area contributed by atoms with Gasteiger partial charge in [-0.3, -0.25) is 4.79 Å². The van der Waals surface area contributed by atoms with E-state index in [4.69, 9.17) is 28.3 Å². The number of carboxylic acid groups (broad SMARTS) is 1. The first-order chi connectivity index (χ1) is 8.51. The number of hydrogen-bond donors (Lipinski definition) is 1. The minimum atomic E-state index is -1.05. The third-order valence-electron chi connectivity index (χ3n) is 2.85. The van der Waals surface area contributed by atoms with Crippen molar-refractivity contribution in [2.75, 3.05) is 0 Å². The number of hydrogen-bond acceptors (Lipinski definition) is 1. The zero-order valence-electron chi connectivity index (χ0n) is 9.51. The van der Waals surface area contributed by atoms with Crippen molar-refractivity contribution < 1.29 is 9.90 Å². The van der Waals surface area contributed by atoms with Crippen molar-refractivity contribution in [3.05, 3.63) is 54.1 Å². The first kappa shape index (κ1) is 13.2. The Balaban J connectivity index is 2.25. The van der Waals surface area contributed by atoms with Gasteiger partial charge < -0.3 is 5.11 Å². The van der Waals surface area contributed by atoms with Gasteiger partial charge in [-0.05, 0) is 11.1 Å². The molecule has 0 radical (unpaired) electrons. The molecule has 0 saturated heterocycles. The monoisotopic (exact) mass is 282 g/mol. The summed E-state index contributed by atoms with van der Waals surface area (Å²) in [5.41, 5.74) is 1.99. The number of allylic oxidation sites excluding steroid dienone is 4. The van der Waals surface area contributed by atoms with Gasteiger partial charge in [0, 0.05) is 0 Å². The summed E-state index contributed by atoms with van der Waals surface area (Å²) in [7, 11) is 0. The second-order valence-corrected chi connectivity index (χ2v) is 5.39. The molecule has 0 saturated carbocycles. The number of carboxylic acids is 1. The highest BCUT2D eigenvalue weighted by molar-refractivity contribution is 6.35. The normalized spacial score (nSPS) is 26.8. The maximum atomic E-state index is 10.8. The number of halogens is 2. The highest BCUT2D eigenvalue weighted by Gasteiger charge is 2.36. The molecule has 0 fully saturated rings. The number of carbonyl (C=O) groups is 1. The summed E-state index contributed by atoms with van der Waals surface area (Å²) in [6.07, 6.45) is 5.09. The predicted molar refractivity (Wildman–Crippen MR) is 74.0 cm³/mol. The topological polar surface area (TPSA) is 37.3 Å². The van der Waals surface area contributed by atoms with Gasteiger partial charge in [0.1, 0.15) is 0 Å². The average Bonchev–Trinajstić information content (AvgIpc) is 2.33. The summed E-state index contributed by atoms with van der Waals surface area (Å²) >= 11 is 12.4. The largest absolute Gasteiger partial charge is 0.481 e. The molecule has 1 aliphatic carbocycles. The molecule has 0 aromatic heterocycles. The van der Waals surface area contributed by atoms with E-state index in [1.807, 2.05) is 36.4 Å². The van der Waals surface area contributed by atoms with Gasteiger partial charge in [0.25, 0.3) is 0 Å². The molecule has 1 aromatic carbocycles. The fourth-order valence-corrected chi connectivity index (χ4v) is 2.41. The van der Waals surface area contributed by atoms with Crippen LogP contribution in [0.3, 0.4) is 0 Å². The first-order valence-electron chi connectivity index (χ1n) is 5.52. The van der Waals surface area contributed by atoms with Crippen molar-refractivity contribution in [1.29, 1.82) is 0 Å². The summed E-state index contributed by atoms with van der Waals surface area (Å²) in [5.74, 6) is -0.961. The molecule has 0 amide bonds. The predicted octanol–water partition coefficient (Wildman–Crippen LogP) is 3.70. The lowest BCUT2D eigenvalue weighted by molar-refractivity contribution is -0.137. The summed E-state index contributed by atoms with van der Waals surface area (Å²) in [6, 6.07) is 9.75. The minimum absolute atomic E-state index is 0.197. The lowest BCUT2D eigenvalue weighted by Gasteiger charge is -2.28. The number of benzene rings is 1. The fourth-order valence-electron chi connectivity index (χ4n) is 1.88. The van der Waals surface area contributed by atoms with Crippen LogP contribution in [-0.2, 0) is 4.79 Å². The Kier molecular flexibility index (Phi) is 3.79. The Morgan fingerprint density at radius 1 is 1.33 bits per heavy atom. The highest BCUT2D eigenvalue weighted by Crippen LogP contribution is 2.37. The van der Waals surface area contributed by atoms with E-state index in [2.05, 4.69) is 0 Å². The molecule has 18 heavy (non-hydrogen) atoms. The molecule has 0 spiro atoms. The van der Waals surface area contributed by atoms with Crippen LogP contribution in [0.1, 0.15) is 12.0 Å². The van der Waals surface area contributed by atoms with E-state index in [1.165, 1.54) is 0 Å². The molecule has 2 rings (SSSR count). The summed E-state index contributed by atoms with van der Waals surface area (Å²) in [5, 5.41) is 8.29. The van der Waals surface area contributed by atoms with Gasteiger partial charge in [0.2, 0.25) is 0 Å². The smallest absolute Gasteiger partial charge is 0.305 e. The minimum Gasteiger partial charge on any atom is -0.481 e. The molecule has 1 N–H and O–H groups in total. The van der Waals surface area contributed by atoms with Crippen LogP contribution in [0.5, 0.6) is 0 Å². The zero-order valence-corrected chi connectivity index (χ0v) is 11.0. The average molecular weight is 283 g/mol. The third-order valence-corrected chi connectivity index (χ3v) is 3.98. The van der Waals surface area contributed by atoms with Crippen LogP contribution in [0.4, 0.5) is 0 Å². The van der Waals surface area contributed by atoms with Crippen LogP contribution in [0.25, 0.3) is 5.57 Å². The lowest BCUT2D eigenvalue weighted by Crippen LogP contribution is -2.34. The second-order valence-electron chi connectivity index (χ2n) is 4.22.